The van der Waals surface area contributed by atoms with Gasteiger partial charge in [-0.2, -0.15) is 0 Å². The molecule has 1 aromatic heterocycles. The van der Waals surface area contributed by atoms with Crippen LogP contribution >= 0.6 is 11.3 Å². The Morgan fingerprint density at radius 3 is 2.74 bits per heavy atom. The molecule has 0 radical (unpaired) electrons. The van der Waals surface area contributed by atoms with Gasteiger partial charge in [0.05, 0.1) is 12.5 Å². The van der Waals surface area contributed by atoms with Crippen LogP contribution in [0, 0.1) is 0 Å². The van der Waals surface area contributed by atoms with E-state index in [-0.39, 0.29) is 5.91 Å². The predicted molar refractivity (Wildman–Crippen MR) is 90.9 cm³/mol. The van der Waals surface area contributed by atoms with Crippen LogP contribution in [0.2, 0.25) is 0 Å². The van der Waals surface area contributed by atoms with Crippen LogP contribution in [0.5, 0.6) is 5.75 Å². The number of rotatable bonds is 5. The second-order valence-electron chi connectivity index (χ2n) is 5.67. The minimum Gasteiger partial charge on any atom is -0.496 e. The van der Waals surface area contributed by atoms with Crippen molar-refractivity contribution in [3.05, 3.63) is 52.2 Å². The van der Waals surface area contributed by atoms with Gasteiger partial charge in [-0.1, -0.05) is 24.3 Å². The lowest BCUT2D eigenvalue weighted by Crippen LogP contribution is -2.47. The van der Waals surface area contributed by atoms with Crippen LogP contribution in [0.1, 0.15) is 23.3 Å². The minimum absolute atomic E-state index is 0.0779. The summed E-state index contributed by atoms with van der Waals surface area (Å²) in [7, 11) is 1.65. The van der Waals surface area contributed by atoms with Crippen molar-refractivity contribution >= 4 is 17.2 Å². The van der Waals surface area contributed by atoms with Crippen LogP contribution in [0.4, 0.5) is 0 Å². The number of nitrogens with one attached hydrogen (secondary N) is 1. The van der Waals surface area contributed by atoms with E-state index in [1.165, 1.54) is 0 Å². The Labute approximate surface area is 140 Å². The fourth-order valence-electron chi connectivity index (χ4n) is 3.05. The molecule has 0 aliphatic carbocycles. The summed E-state index contributed by atoms with van der Waals surface area (Å²) in [5.41, 5.74) is 0.519. The number of thiophene rings is 1. The van der Waals surface area contributed by atoms with Gasteiger partial charge in [-0.15, -0.1) is 11.3 Å². The molecule has 0 unspecified atom stereocenters. The van der Waals surface area contributed by atoms with E-state index in [1.54, 1.807) is 18.4 Å². The van der Waals surface area contributed by atoms with Crippen LogP contribution in [0.15, 0.2) is 41.8 Å². The normalized spacial score (nSPS) is 16.7. The molecule has 0 bridgehead atoms. The van der Waals surface area contributed by atoms with Gasteiger partial charge in [-0.25, -0.2) is 0 Å². The molecule has 1 aliphatic rings. The SMILES string of the molecule is COc1ccccc1CNC(=O)C1(c2cccs2)CCOCC1. The molecule has 1 aliphatic heterocycles. The number of carbonyl (C=O) groups is 1. The molecule has 0 spiro atoms. The third-order valence-corrected chi connectivity index (χ3v) is 5.48. The Kier molecular flexibility index (Phi) is 4.98. The highest BCUT2D eigenvalue weighted by molar-refractivity contribution is 7.10. The summed E-state index contributed by atoms with van der Waals surface area (Å²) in [5, 5.41) is 5.13. The number of para-hydroxylation sites is 1. The molecule has 2 aromatic rings. The standard InChI is InChI=1S/C18H21NO3S/c1-21-15-6-3-2-5-14(15)13-19-17(20)18(8-10-22-11-9-18)16-7-4-12-23-16/h2-7,12H,8-11,13H2,1H3,(H,19,20). The van der Waals surface area contributed by atoms with Crippen LogP contribution in [-0.2, 0) is 21.5 Å². The molecule has 3 rings (SSSR count). The van der Waals surface area contributed by atoms with Gasteiger partial charge in [0.25, 0.3) is 0 Å². The number of benzene rings is 1. The molecule has 23 heavy (non-hydrogen) atoms. The Morgan fingerprint density at radius 1 is 1.26 bits per heavy atom. The summed E-state index contributed by atoms with van der Waals surface area (Å²) in [5.74, 6) is 0.874. The summed E-state index contributed by atoms with van der Waals surface area (Å²) in [6, 6.07) is 11.8. The van der Waals surface area contributed by atoms with Gasteiger partial charge in [0.2, 0.25) is 5.91 Å². The highest BCUT2D eigenvalue weighted by Crippen LogP contribution is 2.38. The van der Waals surface area contributed by atoms with Crippen LogP contribution < -0.4 is 10.1 Å². The highest BCUT2D eigenvalue weighted by Gasteiger charge is 2.42. The first kappa shape index (κ1) is 16.0. The van der Waals surface area contributed by atoms with E-state index >= 15 is 0 Å². The van der Waals surface area contributed by atoms with Crippen molar-refractivity contribution in [2.75, 3.05) is 20.3 Å². The molecule has 2 heterocycles. The van der Waals surface area contributed by atoms with Crippen molar-refractivity contribution in [3.63, 3.8) is 0 Å². The van der Waals surface area contributed by atoms with Crippen LogP contribution in [0.3, 0.4) is 0 Å². The lowest BCUT2D eigenvalue weighted by molar-refractivity contribution is -0.130. The summed E-state index contributed by atoms with van der Waals surface area (Å²) in [6.07, 6.45) is 1.45. The summed E-state index contributed by atoms with van der Waals surface area (Å²) < 4.78 is 10.8. The highest BCUT2D eigenvalue weighted by atomic mass is 32.1. The lowest BCUT2D eigenvalue weighted by atomic mass is 9.78. The lowest BCUT2D eigenvalue weighted by Gasteiger charge is -2.35. The third-order valence-electron chi connectivity index (χ3n) is 4.41. The maximum Gasteiger partial charge on any atom is 0.231 e. The fourth-order valence-corrected chi connectivity index (χ4v) is 4.03. The van der Waals surface area contributed by atoms with Crippen molar-refractivity contribution in [1.29, 1.82) is 0 Å². The Hall–Kier alpha value is -1.85. The van der Waals surface area contributed by atoms with Crippen molar-refractivity contribution in [2.24, 2.45) is 0 Å². The molecule has 1 saturated heterocycles. The average Bonchev–Trinajstić information content (AvgIpc) is 3.15. The molecular formula is C18H21NO3S. The fraction of sp³-hybridized carbons (Fsp3) is 0.389. The molecule has 4 nitrogen and oxygen atoms in total. The minimum atomic E-state index is -0.464. The number of methoxy groups -OCH3 is 1. The van der Waals surface area contributed by atoms with Crippen molar-refractivity contribution in [3.8, 4) is 5.75 Å². The zero-order chi connectivity index (χ0) is 16.1. The Morgan fingerprint density at radius 2 is 2.04 bits per heavy atom. The number of carbonyl (C=O) groups excluding carboxylic acids is 1. The number of amides is 1. The molecule has 1 N–H and O–H groups in total. The summed E-state index contributed by atoms with van der Waals surface area (Å²) in [6.45, 7) is 1.72. The Bertz CT molecular complexity index is 648. The smallest absolute Gasteiger partial charge is 0.231 e. The second kappa shape index (κ2) is 7.15. The van der Waals surface area contributed by atoms with E-state index < -0.39 is 5.41 Å². The molecule has 0 atom stereocenters. The van der Waals surface area contributed by atoms with E-state index in [4.69, 9.17) is 9.47 Å². The average molecular weight is 331 g/mol. The summed E-state index contributed by atoms with van der Waals surface area (Å²) in [4.78, 5) is 14.1. The molecule has 5 heteroatoms. The first-order chi connectivity index (χ1) is 11.3. The monoisotopic (exact) mass is 331 g/mol. The van der Waals surface area contributed by atoms with Crippen molar-refractivity contribution in [1.82, 2.24) is 5.32 Å². The van der Waals surface area contributed by atoms with Crippen molar-refractivity contribution in [2.45, 2.75) is 24.8 Å². The van der Waals surface area contributed by atoms with Crippen LogP contribution in [-0.4, -0.2) is 26.2 Å². The first-order valence-electron chi connectivity index (χ1n) is 7.78. The number of hydrogen-bond acceptors (Lipinski definition) is 4. The maximum absolute atomic E-state index is 13.0. The second-order valence-corrected chi connectivity index (χ2v) is 6.61. The van der Waals surface area contributed by atoms with E-state index in [0.717, 1.165) is 29.0 Å². The van der Waals surface area contributed by atoms with Gasteiger partial charge >= 0.3 is 0 Å². The molecular weight excluding hydrogens is 310 g/mol. The zero-order valence-electron chi connectivity index (χ0n) is 13.2. The number of ether oxygens (including phenoxy) is 2. The largest absolute Gasteiger partial charge is 0.496 e. The van der Waals surface area contributed by atoms with E-state index in [9.17, 15) is 4.79 Å². The van der Waals surface area contributed by atoms with Gasteiger partial charge in [-0.05, 0) is 30.4 Å². The van der Waals surface area contributed by atoms with E-state index in [2.05, 4.69) is 11.4 Å². The van der Waals surface area contributed by atoms with Gasteiger partial charge in [0.1, 0.15) is 5.75 Å². The third kappa shape index (κ3) is 3.26. The Balaban J connectivity index is 1.77. The van der Waals surface area contributed by atoms with Crippen LogP contribution in [0.25, 0.3) is 0 Å². The van der Waals surface area contributed by atoms with Gasteiger partial charge in [0.15, 0.2) is 0 Å². The van der Waals surface area contributed by atoms with Gasteiger partial charge < -0.3 is 14.8 Å². The predicted octanol–water partition coefficient (Wildman–Crippen LogP) is 3.12. The molecule has 1 amide bonds. The quantitative estimate of drug-likeness (QED) is 0.916. The molecule has 1 aromatic carbocycles. The number of hydrogen-bond donors (Lipinski definition) is 1. The zero-order valence-corrected chi connectivity index (χ0v) is 14.0. The van der Waals surface area contributed by atoms with Gasteiger partial charge in [0, 0.05) is 30.2 Å². The van der Waals surface area contributed by atoms with Gasteiger partial charge in [-0.3, -0.25) is 4.79 Å². The van der Waals surface area contributed by atoms with E-state index in [1.807, 2.05) is 35.7 Å². The maximum atomic E-state index is 13.0. The molecule has 0 saturated carbocycles. The molecule has 1 fully saturated rings. The molecule has 122 valence electrons. The van der Waals surface area contributed by atoms with Crippen molar-refractivity contribution < 1.29 is 14.3 Å². The van der Waals surface area contributed by atoms with E-state index in [0.29, 0.717) is 19.8 Å². The first-order valence-corrected chi connectivity index (χ1v) is 8.66. The summed E-state index contributed by atoms with van der Waals surface area (Å²) >= 11 is 1.64. The topological polar surface area (TPSA) is 47.6 Å².